The van der Waals surface area contributed by atoms with Crippen LogP contribution < -0.4 is 15.5 Å². The summed E-state index contributed by atoms with van der Waals surface area (Å²) in [6.45, 7) is 2.98. The molecule has 1 atom stereocenters. The van der Waals surface area contributed by atoms with E-state index >= 15 is 0 Å². The van der Waals surface area contributed by atoms with Gasteiger partial charge in [-0.1, -0.05) is 24.3 Å². The molecule has 1 aromatic carbocycles. The molecule has 2 N–H and O–H groups in total. The zero-order valence-corrected chi connectivity index (χ0v) is 13.3. The van der Waals surface area contributed by atoms with E-state index in [9.17, 15) is 9.59 Å². The normalized spacial score (nSPS) is 20.2. The predicted molar refractivity (Wildman–Crippen MR) is 89.2 cm³/mol. The minimum absolute atomic E-state index is 0.0244. The van der Waals surface area contributed by atoms with E-state index in [1.54, 1.807) is 11.9 Å². The highest BCUT2D eigenvalue weighted by molar-refractivity contribution is 5.88. The molecule has 0 unspecified atom stereocenters. The highest BCUT2D eigenvalue weighted by Crippen LogP contribution is 2.18. The molecule has 3 rings (SSSR count). The molecule has 6 nitrogen and oxygen atoms in total. The lowest BCUT2D eigenvalue weighted by molar-refractivity contribution is -0.128. The molecule has 0 radical (unpaired) electrons. The molecular weight excluding hydrogens is 292 g/mol. The fourth-order valence-corrected chi connectivity index (χ4v) is 2.90. The first kappa shape index (κ1) is 15.4. The summed E-state index contributed by atoms with van der Waals surface area (Å²) in [5, 5.41) is 5.56. The van der Waals surface area contributed by atoms with Crippen molar-refractivity contribution in [2.75, 3.05) is 31.6 Å². The van der Waals surface area contributed by atoms with Gasteiger partial charge in [0.25, 0.3) is 0 Å². The monoisotopic (exact) mass is 314 g/mol. The first-order valence-corrected chi connectivity index (χ1v) is 7.92. The molecule has 0 saturated carbocycles. The average Bonchev–Trinajstić information content (AvgIpc) is 3.19. The van der Waals surface area contributed by atoms with Gasteiger partial charge < -0.3 is 20.4 Å². The van der Waals surface area contributed by atoms with Crippen LogP contribution in [0.4, 0.5) is 10.5 Å². The molecule has 2 aliphatic heterocycles. The van der Waals surface area contributed by atoms with E-state index in [0.29, 0.717) is 19.5 Å². The van der Waals surface area contributed by atoms with Crippen LogP contribution in [0.25, 0.3) is 0 Å². The van der Waals surface area contributed by atoms with Crippen molar-refractivity contribution in [1.29, 1.82) is 0 Å². The highest BCUT2D eigenvalue weighted by Gasteiger charge is 2.30. The second-order valence-electron chi connectivity index (χ2n) is 5.97. The molecular formula is C17H22N4O2. The third-order valence-corrected chi connectivity index (χ3v) is 4.28. The van der Waals surface area contributed by atoms with Crippen molar-refractivity contribution in [3.05, 3.63) is 42.0 Å². The second-order valence-corrected chi connectivity index (χ2v) is 5.97. The summed E-state index contributed by atoms with van der Waals surface area (Å²) >= 11 is 0. The number of anilines is 1. The number of hydrogen-bond donors (Lipinski definition) is 2. The Kier molecular flexibility index (Phi) is 4.50. The number of benzene rings is 1. The van der Waals surface area contributed by atoms with Crippen molar-refractivity contribution in [2.24, 2.45) is 0 Å². The van der Waals surface area contributed by atoms with Crippen LogP contribution in [0.5, 0.6) is 0 Å². The average molecular weight is 314 g/mol. The van der Waals surface area contributed by atoms with Gasteiger partial charge in [-0.2, -0.15) is 0 Å². The topological polar surface area (TPSA) is 64.7 Å². The predicted octanol–water partition coefficient (Wildman–Crippen LogP) is 1.09. The Morgan fingerprint density at radius 3 is 2.78 bits per heavy atom. The van der Waals surface area contributed by atoms with Crippen LogP contribution in [0.15, 0.2) is 36.4 Å². The van der Waals surface area contributed by atoms with Crippen LogP contribution in [0.2, 0.25) is 0 Å². The summed E-state index contributed by atoms with van der Waals surface area (Å²) in [6.07, 6.45) is 4.96. The van der Waals surface area contributed by atoms with Crippen LogP contribution in [-0.4, -0.2) is 49.6 Å². The van der Waals surface area contributed by atoms with Crippen LogP contribution in [0, 0.1) is 0 Å². The third-order valence-electron chi connectivity index (χ3n) is 4.28. The lowest BCUT2D eigenvalue weighted by atomic mass is 10.2. The molecule has 0 aromatic heterocycles. The first-order valence-electron chi connectivity index (χ1n) is 7.92. The number of carbonyl (C=O) groups is 2. The Morgan fingerprint density at radius 2 is 2.09 bits per heavy atom. The first-order chi connectivity index (χ1) is 11.1. The Morgan fingerprint density at radius 1 is 1.30 bits per heavy atom. The molecule has 3 amide bonds. The maximum atomic E-state index is 12.0. The van der Waals surface area contributed by atoms with Crippen molar-refractivity contribution >= 4 is 17.6 Å². The fourth-order valence-electron chi connectivity index (χ4n) is 2.90. The smallest absolute Gasteiger partial charge is 0.315 e. The largest absolute Gasteiger partial charge is 0.364 e. The quantitative estimate of drug-likeness (QED) is 0.818. The second kappa shape index (κ2) is 6.73. The third kappa shape index (κ3) is 3.64. The van der Waals surface area contributed by atoms with Gasteiger partial charge in [0.2, 0.25) is 5.91 Å². The van der Waals surface area contributed by atoms with E-state index in [0.717, 1.165) is 24.3 Å². The van der Waals surface area contributed by atoms with Gasteiger partial charge in [-0.3, -0.25) is 4.79 Å². The Balaban J connectivity index is 1.51. The van der Waals surface area contributed by atoms with Crippen LogP contribution in [0.3, 0.4) is 0 Å². The van der Waals surface area contributed by atoms with E-state index in [-0.39, 0.29) is 11.9 Å². The standard InChI is InChI=1S/C17H22N4O2/c1-20-10-7-15(16(20)22)19-17(23)18-12-13-5-4-6-14(11-13)21-8-2-3-9-21/h2-6,11,15H,7-10,12H2,1H3,(H2,18,19,23)/t15-/m1/s1. The van der Waals surface area contributed by atoms with Gasteiger partial charge in [0.1, 0.15) is 6.04 Å². The molecule has 2 aliphatic rings. The van der Waals surface area contributed by atoms with Gasteiger partial charge >= 0.3 is 6.03 Å². The van der Waals surface area contributed by atoms with Gasteiger partial charge in [-0.05, 0) is 24.1 Å². The van der Waals surface area contributed by atoms with Crippen molar-refractivity contribution in [3.63, 3.8) is 0 Å². The summed E-state index contributed by atoms with van der Waals surface area (Å²) in [4.78, 5) is 27.6. The van der Waals surface area contributed by atoms with Crippen molar-refractivity contribution < 1.29 is 9.59 Å². The maximum absolute atomic E-state index is 12.0. The number of likely N-dealkylation sites (N-methyl/N-ethyl adjacent to an activating group) is 1. The fraction of sp³-hybridized carbons (Fsp3) is 0.412. The van der Waals surface area contributed by atoms with E-state index in [1.807, 2.05) is 12.1 Å². The zero-order chi connectivity index (χ0) is 16.2. The molecule has 0 spiro atoms. The van der Waals surface area contributed by atoms with Crippen molar-refractivity contribution in [2.45, 2.75) is 19.0 Å². The summed E-state index contributed by atoms with van der Waals surface area (Å²) < 4.78 is 0. The molecule has 0 aliphatic carbocycles. The van der Waals surface area contributed by atoms with Crippen molar-refractivity contribution in [1.82, 2.24) is 15.5 Å². The Labute approximate surface area is 136 Å². The molecule has 23 heavy (non-hydrogen) atoms. The van der Waals surface area contributed by atoms with Gasteiger partial charge in [0.05, 0.1) is 0 Å². The number of nitrogens with one attached hydrogen (secondary N) is 2. The minimum atomic E-state index is -0.401. The van der Waals surface area contributed by atoms with Crippen LogP contribution in [-0.2, 0) is 11.3 Å². The summed E-state index contributed by atoms with van der Waals surface area (Å²) in [5.41, 5.74) is 2.20. The molecule has 1 saturated heterocycles. The lowest BCUT2D eigenvalue weighted by Gasteiger charge is -2.18. The van der Waals surface area contributed by atoms with Gasteiger partial charge in [0, 0.05) is 38.9 Å². The maximum Gasteiger partial charge on any atom is 0.315 e. The van der Waals surface area contributed by atoms with Gasteiger partial charge in [-0.15, -0.1) is 0 Å². The molecule has 6 heteroatoms. The van der Waals surface area contributed by atoms with E-state index in [1.165, 1.54) is 0 Å². The minimum Gasteiger partial charge on any atom is -0.364 e. The van der Waals surface area contributed by atoms with Gasteiger partial charge in [0.15, 0.2) is 0 Å². The van der Waals surface area contributed by atoms with Crippen molar-refractivity contribution in [3.8, 4) is 0 Å². The molecule has 0 bridgehead atoms. The number of rotatable bonds is 4. The number of nitrogens with zero attached hydrogens (tertiary/aromatic N) is 2. The van der Waals surface area contributed by atoms with E-state index in [4.69, 9.17) is 0 Å². The summed E-state index contributed by atoms with van der Waals surface area (Å²) in [6, 6.07) is 7.44. The summed E-state index contributed by atoms with van der Waals surface area (Å²) in [7, 11) is 1.75. The van der Waals surface area contributed by atoms with Crippen LogP contribution in [0.1, 0.15) is 12.0 Å². The Hall–Kier alpha value is -2.50. The Bertz CT molecular complexity index is 621. The molecule has 1 fully saturated rings. The van der Waals surface area contributed by atoms with E-state index in [2.05, 4.69) is 39.8 Å². The molecule has 1 aromatic rings. The highest BCUT2D eigenvalue weighted by atomic mass is 16.2. The summed E-state index contributed by atoms with van der Waals surface area (Å²) in [5.74, 6) is -0.0244. The number of likely N-dealkylation sites (tertiary alicyclic amines) is 1. The number of amides is 3. The molecule has 122 valence electrons. The SMILES string of the molecule is CN1CC[C@@H](NC(=O)NCc2cccc(N3CC=CC3)c2)C1=O. The zero-order valence-electron chi connectivity index (χ0n) is 13.3. The lowest BCUT2D eigenvalue weighted by Crippen LogP contribution is -2.45. The molecule has 2 heterocycles. The van der Waals surface area contributed by atoms with Gasteiger partial charge in [-0.25, -0.2) is 4.79 Å². The number of urea groups is 1. The van der Waals surface area contributed by atoms with E-state index < -0.39 is 6.04 Å². The number of hydrogen-bond acceptors (Lipinski definition) is 3. The van der Waals surface area contributed by atoms with Crippen LogP contribution >= 0.6 is 0 Å². The number of carbonyl (C=O) groups excluding carboxylic acids is 2.